The van der Waals surface area contributed by atoms with E-state index in [1.54, 1.807) is 0 Å². The van der Waals surface area contributed by atoms with Crippen molar-refractivity contribution in [2.45, 2.75) is 0 Å². The van der Waals surface area contributed by atoms with Crippen LogP contribution in [0.4, 0.5) is 11.4 Å². The molecule has 0 fully saturated rings. The summed E-state index contributed by atoms with van der Waals surface area (Å²) >= 11 is 0. The Labute approximate surface area is 94.0 Å². The predicted octanol–water partition coefficient (Wildman–Crippen LogP) is 3.50. The second kappa shape index (κ2) is 3.74. The smallest absolute Gasteiger partial charge is 0.0886 e. The number of rotatable bonds is 0. The van der Waals surface area contributed by atoms with Crippen LogP contribution >= 0.6 is 0 Å². The third-order valence-electron chi connectivity index (χ3n) is 2.56. The molecule has 0 aromatic heterocycles. The minimum absolute atomic E-state index is 0.910. The van der Waals surface area contributed by atoms with Crippen LogP contribution < -0.4 is 0 Å². The molecule has 0 saturated heterocycles. The second-order valence-corrected chi connectivity index (χ2v) is 3.63. The summed E-state index contributed by atoms with van der Waals surface area (Å²) in [5, 5.41) is 0. The molecule has 16 heavy (non-hydrogen) atoms. The molecule has 1 aliphatic rings. The molecule has 0 unspecified atom stereocenters. The molecule has 0 bridgehead atoms. The molecule has 0 atom stereocenters. The first-order chi connectivity index (χ1) is 7.93. The van der Waals surface area contributed by atoms with E-state index in [-0.39, 0.29) is 0 Å². The van der Waals surface area contributed by atoms with Crippen molar-refractivity contribution in [3.63, 3.8) is 0 Å². The summed E-state index contributed by atoms with van der Waals surface area (Å²) < 4.78 is 0. The number of hydrogen-bond donors (Lipinski definition) is 0. The first-order valence-corrected chi connectivity index (χ1v) is 5.20. The molecular formula is C14H10N2. The van der Waals surface area contributed by atoms with E-state index in [4.69, 9.17) is 0 Å². The standard InChI is InChI=1S/C14H10N2/c1-2-6-12-10-16-14-8-4-3-7-13(14)15-9-11(12)5-1/h1-10H. The Kier molecular flexibility index (Phi) is 2.11. The maximum atomic E-state index is 4.45. The van der Waals surface area contributed by atoms with Gasteiger partial charge in [-0.3, -0.25) is 9.98 Å². The summed E-state index contributed by atoms with van der Waals surface area (Å²) in [5.74, 6) is 0. The van der Waals surface area contributed by atoms with Crippen molar-refractivity contribution in [1.82, 2.24) is 0 Å². The van der Waals surface area contributed by atoms with Crippen molar-refractivity contribution in [3.8, 4) is 0 Å². The Hall–Kier alpha value is -2.22. The van der Waals surface area contributed by atoms with Gasteiger partial charge in [-0.05, 0) is 12.1 Å². The molecule has 1 aliphatic heterocycles. The van der Waals surface area contributed by atoms with E-state index in [2.05, 4.69) is 9.98 Å². The summed E-state index contributed by atoms with van der Waals surface area (Å²) in [4.78, 5) is 8.90. The van der Waals surface area contributed by atoms with Crippen molar-refractivity contribution in [2.24, 2.45) is 9.98 Å². The number of fused-ring (bicyclic) bond motifs is 2. The predicted molar refractivity (Wildman–Crippen MR) is 67.4 cm³/mol. The first-order valence-electron chi connectivity index (χ1n) is 5.20. The van der Waals surface area contributed by atoms with Crippen molar-refractivity contribution in [3.05, 3.63) is 59.7 Å². The van der Waals surface area contributed by atoms with Gasteiger partial charge in [0.1, 0.15) is 0 Å². The molecule has 0 spiro atoms. The molecule has 2 heteroatoms. The van der Waals surface area contributed by atoms with Crippen molar-refractivity contribution in [2.75, 3.05) is 0 Å². The maximum absolute atomic E-state index is 4.45. The molecule has 0 amide bonds. The van der Waals surface area contributed by atoms with Gasteiger partial charge in [0.05, 0.1) is 11.4 Å². The van der Waals surface area contributed by atoms with Crippen LogP contribution in [-0.2, 0) is 0 Å². The van der Waals surface area contributed by atoms with E-state index in [1.807, 2.05) is 61.0 Å². The summed E-state index contributed by atoms with van der Waals surface area (Å²) in [5.41, 5.74) is 4.02. The third kappa shape index (κ3) is 1.54. The van der Waals surface area contributed by atoms with Gasteiger partial charge in [-0.15, -0.1) is 0 Å². The summed E-state index contributed by atoms with van der Waals surface area (Å²) in [6, 6.07) is 16.0. The van der Waals surface area contributed by atoms with Gasteiger partial charge in [-0.1, -0.05) is 36.4 Å². The van der Waals surface area contributed by atoms with Gasteiger partial charge in [0.15, 0.2) is 0 Å². The fourth-order valence-electron chi connectivity index (χ4n) is 1.71. The van der Waals surface area contributed by atoms with Crippen LogP contribution in [0.2, 0.25) is 0 Å². The minimum Gasteiger partial charge on any atom is -0.254 e. The van der Waals surface area contributed by atoms with Gasteiger partial charge in [-0.2, -0.15) is 0 Å². The van der Waals surface area contributed by atoms with Crippen LogP contribution in [0.25, 0.3) is 0 Å². The highest BCUT2D eigenvalue weighted by molar-refractivity contribution is 5.98. The summed E-state index contributed by atoms with van der Waals surface area (Å²) in [6.07, 6.45) is 3.78. The molecule has 0 saturated carbocycles. The van der Waals surface area contributed by atoms with E-state index in [0.29, 0.717) is 0 Å². The van der Waals surface area contributed by atoms with E-state index < -0.39 is 0 Å². The number of para-hydroxylation sites is 2. The first kappa shape index (κ1) is 9.04. The number of hydrogen-bond acceptors (Lipinski definition) is 2. The lowest BCUT2D eigenvalue weighted by Crippen LogP contribution is -1.92. The Morgan fingerprint density at radius 1 is 0.562 bits per heavy atom. The Morgan fingerprint density at radius 2 is 1.00 bits per heavy atom. The number of benzene rings is 2. The quantitative estimate of drug-likeness (QED) is 0.538. The van der Waals surface area contributed by atoms with E-state index >= 15 is 0 Å². The lowest BCUT2D eigenvalue weighted by atomic mass is 10.1. The van der Waals surface area contributed by atoms with Gasteiger partial charge in [-0.25, -0.2) is 0 Å². The van der Waals surface area contributed by atoms with E-state index in [1.165, 1.54) is 0 Å². The zero-order valence-corrected chi connectivity index (χ0v) is 8.67. The van der Waals surface area contributed by atoms with Gasteiger partial charge in [0, 0.05) is 23.6 Å². The van der Waals surface area contributed by atoms with Gasteiger partial charge < -0.3 is 0 Å². The van der Waals surface area contributed by atoms with Crippen LogP contribution in [0.1, 0.15) is 11.1 Å². The molecular weight excluding hydrogens is 196 g/mol. The molecule has 1 heterocycles. The van der Waals surface area contributed by atoms with Crippen LogP contribution in [0.15, 0.2) is 58.5 Å². The zero-order chi connectivity index (χ0) is 10.8. The fraction of sp³-hybridized carbons (Fsp3) is 0. The number of aliphatic imine (C=N–C) groups is 2. The fourth-order valence-corrected chi connectivity index (χ4v) is 1.71. The highest BCUT2D eigenvalue weighted by Crippen LogP contribution is 2.28. The topological polar surface area (TPSA) is 24.7 Å². The van der Waals surface area contributed by atoms with Crippen LogP contribution in [-0.4, -0.2) is 12.4 Å². The highest BCUT2D eigenvalue weighted by Gasteiger charge is 2.02. The lowest BCUT2D eigenvalue weighted by molar-refractivity contribution is 1.44. The Morgan fingerprint density at radius 3 is 1.50 bits per heavy atom. The molecule has 2 aromatic carbocycles. The third-order valence-corrected chi connectivity index (χ3v) is 2.56. The molecule has 2 aromatic rings. The van der Waals surface area contributed by atoms with Crippen molar-refractivity contribution in [1.29, 1.82) is 0 Å². The molecule has 3 rings (SSSR count). The molecule has 0 aliphatic carbocycles. The highest BCUT2D eigenvalue weighted by atomic mass is 14.8. The Bertz CT molecular complexity index is 479. The monoisotopic (exact) mass is 206 g/mol. The largest absolute Gasteiger partial charge is 0.254 e. The molecule has 76 valence electrons. The average molecular weight is 206 g/mol. The normalized spacial score (nSPS) is 12.5. The SMILES string of the molecule is C1=Nc2ccccc2N=Cc2ccccc21. The lowest BCUT2D eigenvalue weighted by Gasteiger charge is -2.05. The van der Waals surface area contributed by atoms with Crippen molar-refractivity contribution < 1.29 is 0 Å². The summed E-state index contributed by atoms with van der Waals surface area (Å²) in [6.45, 7) is 0. The van der Waals surface area contributed by atoms with Crippen LogP contribution in [0.3, 0.4) is 0 Å². The van der Waals surface area contributed by atoms with Crippen LogP contribution in [0.5, 0.6) is 0 Å². The number of nitrogens with zero attached hydrogens (tertiary/aromatic N) is 2. The van der Waals surface area contributed by atoms with E-state index in [9.17, 15) is 0 Å². The average Bonchev–Trinajstić information content (AvgIpc) is 2.32. The molecule has 2 nitrogen and oxygen atoms in total. The zero-order valence-electron chi connectivity index (χ0n) is 8.67. The minimum atomic E-state index is 0.910. The van der Waals surface area contributed by atoms with Crippen molar-refractivity contribution >= 4 is 23.8 Å². The van der Waals surface area contributed by atoms with Gasteiger partial charge >= 0.3 is 0 Å². The maximum Gasteiger partial charge on any atom is 0.0886 e. The van der Waals surface area contributed by atoms with Gasteiger partial charge in [0.25, 0.3) is 0 Å². The second-order valence-electron chi connectivity index (χ2n) is 3.63. The molecule has 0 radical (unpaired) electrons. The summed E-state index contributed by atoms with van der Waals surface area (Å²) in [7, 11) is 0. The van der Waals surface area contributed by atoms with Crippen LogP contribution in [0, 0.1) is 0 Å². The van der Waals surface area contributed by atoms with E-state index in [0.717, 1.165) is 22.5 Å². The molecule has 0 N–H and O–H groups in total. The van der Waals surface area contributed by atoms with Gasteiger partial charge in [0.2, 0.25) is 0 Å². The Balaban J connectivity index is 2.18.